The Hall–Kier alpha value is -1.56. The summed E-state index contributed by atoms with van der Waals surface area (Å²) in [5.74, 6) is 0.668. The molecule has 0 bridgehead atoms. The van der Waals surface area contributed by atoms with Crippen molar-refractivity contribution in [2.75, 3.05) is 5.32 Å². The van der Waals surface area contributed by atoms with Crippen molar-refractivity contribution in [3.05, 3.63) is 48.4 Å². The smallest absolute Gasteiger partial charge is 0.446 e. The molecule has 2 nitrogen and oxygen atoms in total. The lowest BCUT2D eigenvalue weighted by molar-refractivity contribution is -0.0327. The number of hydrogen-bond acceptors (Lipinski definition) is 3. The van der Waals surface area contributed by atoms with E-state index in [1.54, 1.807) is 30.3 Å². The fourth-order valence-corrected chi connectivity index (χ4v) is 2.07. The van der Waals surface area contributed by atoms with Gasteiger partial charge in [-0.15, -0.1) is 0 Å². The monoisotopic (exact) mass is 273 g/mol. The summed E-state index contributed by atoms with van der Waals surface area (Å²) in [7, 11) is 0. The van der Waals surface area contributed by atoms with Crippen molar-refractivity contribution in [2.45, 2.75) is 16.9 Å². The zero-order chi connectivity index (χ0) is 13.0. The summed E-state index contributed by atoms with van der Waals surface area (Å²) in [6.45, 7) is 0.350. The first-order valence-electron chi connectivity index (χ1n) is 5.15. The Morgan fingerprint density at radius 2 is 1.89 bits per heavy atom. The Balaban J connectivity index is 2.07. The van der Waals surface area contributed by atoms with Crippen molar-refractivity contribution in [3.63, 3.8) is 0 Å². The summed E-state index contributed by atoms with van der Waals surface area (Å²) in [5.41, 5.74) is -3.85. The Kier molecular flexibility index (Phi) is 3.86. The van der Waals surface area contributed by atoms with Gasteiger partial charge in [0.25, 0.3) is 0 Å². The van der Waals surface area contributed by atoms with Gasteiger partial charge in [0, 0.05) is 10.6 Å². The van der Waals surface area contributed by atoms with Crippen LogP contribution in [0, 0.1) is 0 Å². The molecule has 0 saturated carbocycles. The van der Waals surface area contributed by atoms with Crippen LogP contribution in [0.2, 0.25) is 0 Å². The average Bonchev–Trinajstić information content (AvgIpc) is 2.79. The molecule has 0 radical (unpaired) electrons. The first kappa shape index (κ1) is 12.9. The number of para-hydroxylation sites is 1. The van der Waals surface area contributed by atoms with Crippen LogP contribution >= 0.6 is 11.8 Å². The van der Waals surface area contributed by atoms with Crippen LogP contribution in [0.25, 0.3) is 0 Å². The third-order valence-electron chi connectivity index (χ3n) is 2.15. The molecule has 2 rings (SSSR count). The van der Waals surface area contributed by atoms with Crippen molar-refractivity contribution in [3.8, 4) is 0 Å². The highest BCUT2D eigenvalue weighted by Crippen LogP contribution is 2.40. The molecule has 0 amide bonds. The topological polar surface area (TPSA) is 25.2 Å². The van der Waals surface area contributed by atoms with E-state index in [2.05, 4.69) is 5.32 Å². The third kappa shape index (κ3) is 3.73. The van der Waals surface area contributed by atoms with E-state index in [1.165, 1.54) is 12.3 Å². The highest BCUT2D eigenvalue weighted by molar-refractivity contribution is 8.00. The number of furan rings is 1. The standard InChI is InChI=1S/C12H10F3NOS/c13-12(14,15)18-11-6-2-1-5-10(11)16-8-9-4-3-7-17-9/h1-7,16H,8H2. The van der Waals surface area contributed by atoms with E-state index in [0.29, 0.717) is 18.0 Å². The molecular weight excluding hydrogens is 263 g/mol. The molecule has 0 aliphatic carbocycles. The van der Waals surface area contributed by atoms with Gasteiger partial charge in [-0.25, -0.2) is 0 Å². The minimum Gasteiger partial charge on any atom is -0.467 e. The number of alkyl halides is 3. The summed E-state index contributed by atoms with van der Waals surface area (Å²) in [6.07, 6.45) is 1.52. The zero-order valence-electron chi connectivity index (χ0n) is 9.20. The van der Waals surface area contributed by atoms with E-state index in [4.69, 9.17) is 4.42 Å². The lowest BCUT2D eigenvalue weighted by Crippen LogP contribution is -2.03. The van der Waals surface area contributed by atoms with Gasteiger partial charge in [-0.3, -0.25) is 0 Å². The molecule has 0 saturated heterocycles. The molecule has 1 aromatic carbocycles. The van der Waals surface area contributed by atoms with E-state index in [1.807, 2.05) is 0 Å². The van der Waals surface area contributed by atoms with Gasteiger partial charge in [-0.2, -0.15) is 13.2 Å². The van der Waals surface area contributed by atoms with Crippen LogP contribution in [-0.4, -0.2) is 5.51 Å². The van der Waals surface area contributed by atoms with Crippen molar-refractivity contribution in [1.82, 2.24) is 0 Å². The molecule has 18 heavy (non-hydrogen) atoms. The molecule has 0 unspecified atom stereocenters. The molecule has 1 aromatic heterocycles. The van der Waals surface area contributed by atoms with Crippen LogP contribution in [0.4, 0.5) is 18.9 Å². The normalized spacial score (nSPS) is 11.5. The predicted octanol–water partition coefficient (Wildman–Crippen LogP) is 4.50. The Labute approximate surface area is 106 Å². The van der Waals surface area contributed by atoms with E-state index in [-0.39, 0.29) is 16.7 Å². The van der Waals surface area contributed by atoms with Crippen molar-refractivity contribution in [2.24, 2.45) is 0 Å². The summed E-state index contributed by atoms with van der Waals surface area (Å²) in [6, 6.07) is 9.79. The van der Waals surface area contributed by atoms with Crippen LogP contribution < -0.4 is 5.32 Å². The van der Waals surface area contributed by atoms with Gasteiger partial charge in [0.05, 0.1) is 12.8 Å². The Morgan fingerprint density at radius 1 is 1.11 bits per heavy atom. The Morgan fingerprint density at radius 3 is 2.56 bits per heavy atom. The van der Waals surface area contributed by atoms with Crippen LogP contribution in [0.3, 0.4) is 0 Å². The number of halogens is 3. The van der Waals surface area contributed by atoms with E-state index in [0.717, 1.165) is 0 Å². The van der Waals surface area contributed by atoms with Gasteiger partial charge in [-0.05, 0) is 36.0 Å². The molecule has 2 aromatic rings. The van der Waals surface area contributed by atoms with Gasteiger partial charge < -0.3 is 9.73 Å². The van der Waals surface area contributed by atoms with Gasteiger partial charge in [-0.1, -0.05) is 12.1 Å². The molecule has 0 atom stereocenters. The first-order chi connectivity index (χ1) is 8.54. The minimum atomic E-state index is -4.29. The number of thioether (sulfide) groups is 1. The molecule has 1 N–H and O–H groups in total. The molecule has 0 aliphatic rings. The number of benzene rings is 1. The predicted molar refractivity (Wildman–Crippen MR) is 64.4 cm³/mol. The van der Waals surface area contributed by atoms with Crippen LogP contribution in [0.5, 0.6) is 0 Å². The quantitative estimate of drug-likeness (QED) is 0.830. The number of rotatable bonds is 4. The summed E-state index contributed by atoms with van der Waals surface area (Å²) < 4.78 is 42.2. The number of hydrogen-bond donors (Lipinski definition) is 1. The zero-order valence-corrected chi connectivity index (χ0v) is 10.0. The maximum absolute atomic E-state index is 12.4. The fourth-order valence-electron chi connectivity index (χ4n) is 1.42. The number of anilines is 1. The maximum Gasteiger partial charge on any atom is 0.446 e. The highest BCUT2D eigenvalue weighted by atomic mass is 32.2. The Bertz CT molecular complexity index is 496. The van der Waals surface area contributed by atoms with E-state index in [9.17, 15) is 13.2 Å². The van der Waals surface area contributed by atoms with Crippen LogP contribution in [-0.2, 0) is 6.54 Å². The van der Waals surface area contributed by atoms with Crippen molar-refractivity contribution in [1.29, 1.82) is 0 Å². The first-order valence-corrected chi connectivity index (χ1v) is 5.97. The minimum absolute atomic E-state index is 0.129. The average molecular weight is 273 g/mol. The summed E-state index contributed by atoms with van der Waals surface area (Å²) in [4.78, 5) is 0.150. The van der Waals surface area contributed by atoms with Gasteiger partial charge in [0.1, 0.15) is 5.76 Å². The van der Waals surface area contributed by atoms with Crippen LogP contribution in [0.15, 0.2) is 52.0 Å². The van der Waals surface area contributed by atoms with E-state index < -0.39 is 5.51 Å². The molecule has 0 fully saturated rings. The molecule has 1 heterocycles. The SMILES string of the molecule is FC(F)(F)Sc1ccccc1NCc1ccco1. The second-order valence-electron chi connectivity index (χ2n) is 3.48. The molecule has 6 heteroatoms. The molecule has 0 aliphatic heterocycles. The molecular formula is C12H10F3NOS. The molecule has 96 valence electrons. The van der Waals surface area contributed by atoms with Gasteiger partial charge in [0.15, 0.2) is 0 Å². The lowest BCUT2D eigenvalue weighted by atomic mass is 10.3. The number of nitrogens with one attached hydrogen (secondary N) is 1. The third-order valence-corrected chi connectivity index (χ3v) is 2.95. The maximum atomic E-state index is 12.4. The summed E-state index contributed by atoms with van der Waals surface area (Å²) in [5, 5.41) is 2.92. The van der Waals surface area contributed by atoms with Gasteiger partial charge in [0.2, 0.25) is 0 Å². The van der Waals surface area contributed by atoms with Crippen molar-refractivity contribution < 1.29 is 17.6 Å². The second-order valence-corrected chi connectivity index (χ2v) is 4.58. The highest BCUT2D eigenvalue weighted by Gasteiger charge is 2.30. The largest absolute Gasteiger partial charge is 0.467 e. The van der Waals surface area contributed by atoms with E-state index >= 15 is 0 Å². The summed E-state index contributed by atoms with van der Waals surface area (Å²) >= 11 is -0.129. The molecule has 0 spiro atoms. The van der Waals surface area contributed by atoms with Crippen molar-refractivity contribution >= 4 is 17.4 Å². The second kappa shape index (κ2) is 5.39. The van der Waals surface area contributed by atoms with Gasteiger partial charge >= 0.3 is 5.51 Å². The fraction of sp³-hybridized carbons (Fsp3) is 0.167. The van der Waals surface area contributed by atoms with Crippen LogP contribution in [0.1, 0.15) is 5.76 Å². The lowest BCUT2D eigenvalue weighted by Gasteiger charge is -2.12.